The summed E-state index contributed by atoms with van der Waals surface area (Å²) in [6.07, 6.45) is 2.76. The Kier molecular flexibility index (Phi) is 5.64. The Balaban J connectivity index is 1.60. The molecule has 0 aliphatic carbocycles. The topological polar surface area (TPSA) is 44.8 Å². The summed E-state index contributed by atoms with van der Waals surface area (Å²) in [7, 11) is 1.36. The van der Waals surface area contributed by atoms with Crippen LogP contribution in [0.3, 0.4) is 0 Å². The van der Waals surface area contributed by atoms with Gasteiger partial charge in [-0.1, -0.05) is 20.7 Å². The summed E-state index contributed by atoms with van der Waals surface area (Å²) in [5.74, 6) is -0.629. The van der Waals surface area contributed by atoms with E-state index < -0.39 is 11.7 Å². The Morgan fingerprint density at radius 1 is 1.30 bits per heavy atom. The number of halogens is 3. The molecule has 4 rings (SSSR count). The molecule has 160 valence electrons. The number of piperazine rings is 1. The first-order valence-electron chi connectivity index (χ1n) is 9.71. The first-order valence-corrected chi connectivity index (χ1v) is 10.8. The van der Waals surface area contributed by atoms with Gasteiger partial charge in [0, 0.05) is 38.0 Å². The van der Waals surface area contributed by atoms with E-state index in [2.05, 4.69) is 17.1 Å². The predicted octanol–water partition coefficient (Wildman–Crippen LogP) is 3.61. The van der Waals surface area contributed by atoms with Crippen molar-refractivity contribution in [3.63, 3.8) is 0 Å². The normalized spacial score (nSPS) is 25.2. The molecule has 2 unspecified atom stereocenters. The number of carbonyl (C=O) groups is 1. The van der Waals surface area contributed by atoms with Crippen molar-refractivity contribution in [1.82, 2.24) is 15.1 Å². The lowest BCUT2D eigenvalue weighted by molar-refractivity contribution is -0.138. The summed E-state index contributed by atoms with van der Waals surface area (Å²) >= 11 is 0. The number of carbonyl (C=O) groups excluding carboxylic acids is 1. The predicted molar refractivity (Wildman–Crippen MR) is 111 cm³/mol. The van der Waals surface area contributed by atoms with Gasteiger partial charge in [-0.3, -0.25) is 4.79 Å². The maximum absolute atomic E-state index is 13.4. The highest BCUT2D eigenvalue weighted by Crippen LogP contribution is 2.46. The molecule has 0 bridgehead atoms. The van der Waals surface area contributed by atoms with E-state index in [1.165, 1.54) is 19.3 Å². The van der Waals surface area contributed by atoms with Crippen molar-refractivity contribution < 1.29 is 22.7 Å². The lowest BCUT2D eigenvalue weighted by atomic mass is 10.1. The van der Waals surface area contributed by atoms with Gasteiger partial charge in [-0.15, -0.1) is 0 Å². The SMILES string of the molecule is COc1ccc(C2=CC(=O)N3C=C(N4CCN[C@H](C)C4)C=CC3P2)cc1C(F)(F)F. The molecule has 1 amide bonds. The van der Waals surface area contributed by atoms with Crippen molar-refractivity contribution in [2.24, 2.45) is 0 Å². The summed E-state index contributed by atoms with van der Waals surface area (Å²) in [6, 6.07) is 4.32. The van der Waals surface area contributed by atoms with Gasteiger partial charge in [-0.2, -0.15) is 13.2 Å². The molecule has 1 aromatic carbocycles. The molecule has 3 aliphatic heterocycles. The lowest BCUT2D eigenvalue weighted by Gasteiger charge is -2.39. The first kappa shape index (κ1) is 20.9. The zero-order valence-electron chi connectivity index (χ0n) is 16.7. The van der Waals surface area contributed by atoms with Crippen LogP contribution in [0.5, 0.6) is 5.75 Å². The molecule has 0 spiro atoms. The largest absolute Gasteiger partial charge is 0.496 e. The van der Waals surface area contributed by atoms with Gasteiger partial charge in [0.25, 0.3) is 5.91 Å². The average molecular weight is 437 g/mol. The zero-order chi connectivity index (χ0) is 21.5. The second-order valence-electron chi connectivity index (χ2n) is 7.52. The average Bonchev–Trinajstić information content (AvgIpc) is 2.72. The molecule has 3 atom stereocenters. The van der Waals surface area contributed by atoms with Crippen LogP contribution in [0.25, 0.3) is 5.31 Å². The third-order valence-electron chi connectivity index (χ3n) is 5.40. The fourth-order valence-corrected chi connectivity index (χ4v) is 5.26. The fourth-order valence-electron chi connectivity index (χ4n) is 3.88. The number of methoxy groups -OCH3 is 1. The molecule has 1 saturated heterocycles. The van der Waals surface area contributed by atoms with Gasteiger partial charge in [0.2, 0.25) is 0 Å². The number of amides is 1. The first-order chi connectivity index (χ1) is 14.3. The molecule has 3 heterocycles. The minimum Gasteiger partial charge on any atom is -0.496 e. The number of benzene rings is 1. The van der Waals surface area contributed by atoms with Crippen LogP contribution in [0.1, 0.15) is 18.1 Å². The van der Waals surface area contributed by atoms with E-state index in [0.29, 0.717) is 16.9 Å². The Morgan fingerprint density at radius 3 is 2.80 bits per heavy atom. The highest BCUT2D eigenvalue weighted by molar-refractivity contribution is 7.51. The van der Waals surface area contributed by atoms with E-state index in [1.807, 2.05) is 18.4 Å². The van der Waals surface area contributed by atoms with Crippen molar-refractivity contribution in [2.45, 2.75) is 24.9 Å². The van der Waals surface area contributed by atoms with E-state index >= 15 is 0 Å². The van der Waals surface area contributed by atoms with Crippen LogP contribution in [0.2, 0.25) is 0 Å². The summed E-state index contributed by atoms with van der Waals surface area (Å²) in [4.78, 5) is 16.7. The van der Waals surface area contributed by atoms with Gasteiger partial charge in [0.15, 0.2) is 0 Å². The third kappa shape index (κ3) is 4.12. The van der Waals surface area contributed by atoms with E-state index in [4.69, 9.17) is 4.74 Å². The van der Waals surface area contributed by atoms with Crippen LogP contribution in [0.4, 0.5) is 13.2 Å². The van der Waals surface area contributed by atoms with Crippen LogP contribution < -0.4 is 10.1 Å². The number of hydrogen-bond donors (Lipinski definition) is 1. The number of nitrogens with zero attached hydrogens (tertiary/aromatic N) is 2. The standard InChI is InChI=1S/C21H23F3N3O2P/c1-13-11-26(8-7-25-13)15-4-6-20-27(12-15)19(28)10-18(30-20)14-3-5-17(29-2)16(9-14)21(22,23)24/h3-6,9-10,12-13,20,25,30H,7-8,11H2,1-2H3/t13-,20?/m1/s1. The molecule has 30 heavy (non-hydrogen) atoms. The minimum atomic E-state index is -4.53. The van der Waals surface area contributed by atoms with Crippen molar-refractivity contribution in [3.8, 4) is 5.75 Å². The molecule has 9 heteroatoms. The Bertz CT molecular complexity index is 942. The number of allylic oxidation sites excluding steroid dienone is 1. The van der Waals surface area contributed by atoms with Gasteiger partial charge < -0.3 is 19.9 Å². The quantitative estimate of drug-likeness (QED) is 0.734. The number of alkyl halides is 3. The van der Waals surface area contributed by atoms with Crippen LogP contribution in [-0.4, -0.2) is 54.3 Å². The third-order valence-corrected chi connectivity index (χ3v) is 6.91. The number of rotatable bonds is 3. The van der Waals surface area contributed by atoms with Crippen LogP contribution >= 0.6 is 8.58 Å². The molecule has 0 radical (unpaired) electrons. The van der Waals surface area contributed by atoms with E-state index in [9.17, 15) is 18.0 Å². The smallest absolute Gasteiger partial charge is 0.419 e. The van der Waals surface area contributed by atoms with Crippen molar-refractivity contribution in [3.05, 3.63) is 59.5 Å². The summed E-state index contributed by atoms with van der Waals surface area (Å²) in [5, 5.41) is 4.01. The summed E-state index contributed by atoms with van der Waals surface area (Å²) < 4.78 is 45.0. The molecule has 0 saturated carbocycles. The molecule has 1 aromatic rings. The molecule has 1 fully saturated rings. The second-order valence-corrected chi connectivity index (χ2v) is 8.94. The molecule has 0 aromatic heterocycles. The van der Waals surface area contributed by atoms with Gasteiger partial charge in [-0.05, 0) is 36.0 Å². The maximum atomic E-state index is 13.4. The fraction of sp³-hybridized carbons (Fsp3) is 0.381. The van der Waals surface area contributed by atoms with Crippen molar-refractivity contribution >= 4 is 19.8 Å². The monoisotopic (exact) mass is 437 g/mol. The van der Waals surface area contributed by atoms with Crippen molar-refractivity contribution in [1.29, 1.82) is 0 Å². The molecule has 3 aliphatic rings. The van der Waals surface area contributed by atoms with Crippen molar-refractivity contribution in [2.75, 3.05) is 26.7 Å². The Labute approximate surface area is 175 Å². The molecular formula is C21H23F3N3O2P. The highest BCUT2D eigenvalue weighted by atomic mass is 31.1. The summed E-state index contributed by atoms with van der Waals surface area (Å²) in [6.45, 7) is 4.73. The van der Waals surface area contributed by atoms with E-state index in [0.717, 1.165) is 31.4 Å². The maximum Gasteiger partial charge on any atom is 0.419 e. The summed E-state index contributed by atoms with van der Waals surface area (Å²) in [5.41, 5.74) is 0.546. The highest BCUT2D eigenvalue weighted by Gasteiger charge is 2.36. The van der Waals surface area contributed by atoms with E-state index in [1.54, 1.807) is 11.0 Å². The second kappa shape index (κ2) is 8.08. The van der Waals surface area contributed by atoms with E-state index in [-0.39, 0.29) is 26.0 Å². The number of fused-ring (bicyclic) bond motifs is 1. The lowest BCUT2D eigenvalue weighted by Crippen LogP contribution is -2.49. The molecule has 1 N–H and O–H groups in total. The minimum absolute atomic E-state index is 0.153. The molecule has 5 nitrogen and oxygen atoms in total. The number of hydrogen-bond acceptors (Lipinski definition) is 4. The van der Waals surface area contributed by atoms with Crippen LogP contribution in [0, 0.1) is 0 Å². The van der Waals surface area contributed by atoms with Gasteiger partial charge >= 0.3 is 6.18 Å². The zero-order valence-corrected chi connectivity index (χ0v) is 17.7. The van der Waals surface area contributed by atoms with Gasteiger partial charge in [0.05, 0.1) is 24.2 Å². The van der Waals surface area contributed by atoms with Gasteiger partial charge in [-0.25, -0.2) is 0 Å². The van der Waals surface area contributed by atoms with Crippen LogP contribution in [0.15, 0.2) is 48.3 Å². The number of nitrogens with one attached hydrogen (secondary N) is 1. The Morgan fingerprint density at radius 2 is 2.10 bits per heavy atom. The van der Waals surface area contributed by atoms with Gasteiger partial charge in [0.1, 0.15) is 5.75 Å². The molecular weight excluding hydrogens is 414 g/mol. The Hall–Kier alpha value is -2.31. The number of ether oxygens (including phenoxy) is 1. The van der Waals surface area contributed by atoms with Crippen LogP contribution in [-0.2, 0) is 11.0 Å².